The van der Waals surface area contributed by atoms with Gasteiger partial charge in [0.05, 0.1) is 0 Å². The van der Waals surface area contributed by atoms with Gasteiger partial charge in [-0.15, -0.1) is 0 Å². The molecule has 0 aliphatic heterocycles. The summed E-state index contributed by atoms with van der Waals surface area (Å²) < 4.78 is 31.7. The first-order chi connectivity index (χ1) is 12.3. The first-order valence-electron chi connectivity index (χ1n) is 9.70. The van der Waals surface area contributed by atoms with E-state index in [0.29, 0.717) is 12.2 Å². The van der Waals surface area contributed by atoms with Crippen molar-refractivity contribution in [2.75, 3.05) is 0 Å². The molecule has 0 bridgehead atoms. The maximum Gasteiger partial charge on any atom is 0.248 e. The summed E-state index contributed by atoms with van der Waals surface area (Å²) in [5.41, 5.74) is 1.28. The Bertz CT molecular complexity index is 596. The molecule has 1 N–H and O–H groups in total. The number of H-pyrrole nitrogens is 1. The van der Waals surface area contributed by atoms with E-state index in [0.717, 1.165) is 31.4 Å². The summed E-state index contributed by atoms with van der Waals surface area (Å²) in [6.45, 7) is 7.76. The van der Waals surface area contributed by atoms with Crippen molar-refractivity contribution in [2.45, 2.75) is 85.0 Å². The zero-order valence-corrected chi connectivity index (χ0v) is 16.5. The molecule has 26 heavy (non-hydrogen) atoms. The van der Waals surface area contributed by atoms with E-state index in [9.17, 15) is 13.6 Å². The van der Waals surface area contributed by atoms with Crippen LogP contribution in [0.2, 0.25) is 0 Å². The maximum atomic E-state index is 13.0. The number of rotatable bonds is 8. The molecule has 0 spiro atoms. The van der Waals surface area contributed by atoms with Crippen LogP contribution in [0, 0.1) is 5.92 Å². The maximum absolute atomic E-state index is 13.0. The highest BCUT2D eigenvalue weighted by molar-refractivity contribution is 5.22. The number of aromatic amines is 1. The normalized spacial score (nSPS) is 14.8. The van der Waals surface area contributed by atoms with Crippen LogP contribution in [0.1, 0.15) is 79.1 Å². The van der Waals surface area contributed by atoms with Crippen LogP contribution in [0.3, 0.4) is 0 Å². The first kappa shape index (κ1) is 22.4. The van der Waals surface area contributed by atoms with Gasteiger partial charge in [0.25, 0.3) is 0 Å². The minimum atomic E-state index is -2.43. The fraction of sp³-hybridized carbons (Fsp3) is 0.667. The summed E-state index contributed by atoms with van der Waals surface area (Å²) in [5, 5.41) is 0. The third-order valence-electron chi connectivity index (χ3n) is 4.72. The van der Waals surface area contributed by atoms with Crippen molar-refractivity contribution in [1.82, 2.24) is 4.98 Å². The van der Waals surface area contributed by atoms with Gasteiger partial charge in [-0.25, -0.2) is 8.78 Å². The van der Waals surface area contributed by atoms with Gasteiger partial charge in [-0.1, -0.05) is 33.6 Å². The molecule has 1 aromatic heterocycles. The minimum absolute atomic E-state index is 0.0590. The highest BCUT2D eigenvalue weighted by atomic mass is 19.3. The fourth-order valence-corrected chi connectivity index (χ4v) is 2.61. The molecule has 2 rings (SSSR count). The zero-order valence-electron chi connectivity index (χ0n) is 16.5. The lowest BCUT2D eigenvalue weighted by Crippen LogP contribution is -2.19. The van der Waals surface area contributed by atoms with Crippen LogP contribution in [0.15, 0.2) is 34.5 Å². The van der Waals surface area contributed by atoms with Crippen molar-refractivity contribution >= 4 is 0 Å². The molecule has 0 aromatic carbocycles. The molecule has 1 atom stereocenters. The number of ether oxygens (including phenoxy) is 1. The van der Waals surface area contributed by atoms with E-state index >= 15 is 0 Å². The Labute approximate surface area is 155 Å². The van der Waals surface area contributed by atoms with Crippen LogP contribution in [-0.4, -0.2) is 10.9 Å². The van der Waals surface area contributed by atoms with Gasteiger partial charge in [-0.2, -0.15) is 0 Å². The number of aromatic nitrogens is 1. The summed E-state index contributed by atoms with van der Waals surface area (Å²) in [7, 11) is 0. The lowest BCUT2D eigenvalue weighted by atomic mass is 9.91. The molecule has 3 nitrogen and oxygen atoms in total. The number of nitrogens with one attached hydrogen (secondary N) is 1. The van der Waals surface area contributed by atoms with Gasteiger partial charge < -0.3 is 9.72 Å². The Morgan fingerprint density at radius 2 is 2.00 bits per heavy atom. The molecular weight excluding hydrogens is 336 g/mol. The van der Waals surface area contributed by atoms with Crippen LogP contribution in [0.25, 0.3) is 0 Å². The second-order valence-corrected chi connectivity index (χ2v) is 7.18. The summed E-state index contributed by atoms with van der Waals surface area (Å²) in [4.78, 5) is 13.4. The van der Waals surface area contributed by atoms with Crippen molar-refractivity contribution in [2.24, 2.45) is 5.92 Å². The van der Waals surface area contributed by atoms with Crippen LogP contribution < -0.4 is 10.3 Å². The lowest BCUT2D eigenvalue weighted by molar-refractivity contribution is -0.0310. The van der Waals surface area contributed by atoms with Gasteiger partial charge in [0.15, 0.2) is 0 Å². The topological polar surface area (TPSA) is 42.1 Å². The van der Waals surface area contributed by atoms with Crippen LogP contribution in [0.4, 0.5) is 8.78 Å². The second-order valence-electron chi connectivity index (χ2n) is 7.18. The number of pyridine rings is 1. The number of alkyl halides is 2. The van der Waals surface area contributed by atoms with Gasteiger partial charge in [-0.3, -0.25) is 4.79 Å². The highest BCUT2D eigenvalue weighted by Gasteiger charge is 2.29. The molecule has 1 aromatic rings. The van der Waals surface area contributed by atoms with Gasteiger partial charge in [0.1, 0.15) is 11.5 Å². The van der Waals surface area contributed by atoms with Crippen molar-refractivity contribution in [3.05, 3.63) is 40.0 Å². The summed E-state index contributed by atoms with van der Waals surface area (Å²) in [6, 6.07) is 3.15. The van der Waals surface area contributed by atoms with Crippen LogP contribution in [-0.2, 0) is 0 Å². The van der Waals surface area contributed by atoms with Crippen molar-refractivity contribution in [1.29, 1.82) is 0 Å². The SMILES string of the molecule is CC(Oc1ccc(=O)[nH]c1)=C1CCC1.CCCCC(F)(F)CC(C)CC. The average molecular weight is 369 g/mol. The molecule has 1 aliphatic carbocycles. The van der Waals surface area contributed by atoms with E-state index in [4.69, 9.17) is 4.74 Å². The first-order valence-corrected chi connectivity index (χ1v) is 9.70. The number of allylic oxidation sites excluding steroid dienone is 2. The van der Waals surface area contributed by atoms with Crippen molar-refractivity contribution in [3.63, 3.8) is 0 Å². The monoisotopic (exact) mass is 369 g/mol. The average Bonchev–Trinajstić information content (AvgIpc) is 2.53. The lowest BCUT2D eigenvalue weighted by Gasteiger charge is -2.19. The van der Waals surface area contributed by atoms with Crippen LogP contribution in [0.5, 0.6) is 5.75 Å². The van der Waals surface area contributed by atoms with Gasteiger partial charge in [0.2, 0.25) is 11.5 Å². The standard InChI is InChI=1S/C11H13NO2.C10H20F2/c1-8(9-3-2-4-9)14-10-5-6-11(13)12-7-10;1-4-6-7-10(11,12)8-9(3)5-2/h5-7H,2-4H2,1H3,(H,12,13);9H,4-8H2,1-3H3. The van der Waals surface area contributed by atoms with Gasteiger partial charge in [-0.05, 0) is 50.2 Å². The molecule has 148 valence electrons. The number of unbranched alkanes of at least 4 members (excludes halogenated alkanes) is 1. The van der Waals surface area contributed by atoms with E-state index in [1.54, 1.807) is 12.3 Å². The molecule has 1 aliphatic rings. The molecule has 1 unspecified atom stereocenters. The minimum Gasteiger partial charge on any atom is -0.461 e. The zero-order chi connectivity index (χ0) is 19.6. The van der Waals surface area contributed by atoms with Gasteiger partial charge in [0, 0.05) is 25.1 Å². The summed E-state index contributed by atoms with van der Waals surface area (Å²) in [5.74, 6) is -0.604. The third-order valence-corrected chi connectivity index (χ3v) is 4.72. The largest absolute Gasteiger partial charge is 0.461 e. The third kappa shape index (κ3) is 8.63. The predicted molar refractivity (Wildman–Crippen MR) is 103 cm³/mol. The smallest absolute Gasteiger partial charge is 0.248 e. The summed E-state index contributed by atoms with van der Waals surface area (Å²) in [6.07, 6.45) is 7.62. The Morgan fingerprint density at radius 3 is 2.46 bits per heavy atom. The van der Waals surface area contributed by atoms with Crippen molar-refractivity contribution < 1.29 is 13.5 Å². The molecule has 0 radical (unpaired) electrons. The molecule has 1 fully saturated rings. The molecule has 0 amide bonds. The van der Waals surface area contributed by atoms with E-state index in [-0.39, 0.29) is 24.3 Å². The summed E-state index contributed by atoms with van der Waals surface area (Å²) >= 11 is 0. The molecule has 0 saturated heterocycles. The van der Waals surface area contributed by atoms with E-state index in [1.807, 2.05) is 27.7 Å². The molecule has 1 saturated carbocycles. The highest BCUT2D eigenvalue weighted by Crippen LogP contribution is 2.30. The van der Waals surface area contributed by atoms with Crippen molar-refractivity contribution in [3.8, 4) is 5.75 Å². The van der Waals surface area contributed by atoms with Crippen LogP contribution >= 0.6 is 0 Å². The predicted octanol–water partition coefficient (Wildman–Crippen LogP) is 6.46. The molecule has 1 heterocycles. The van der Waals surface area contributed by atoms with E-state index < -0.39 is 5.92 Å². The van der Waals surface area contributed by atoms with Gasteiger partial charge >= 0.3 is 0 Å². The number of halogens is 2. The number of hydrogen-bond donors (Lipinski definition) is 1. The van der Waals surface area contributed by atoms with E-state index in [1.165, 1.54) is 18.1 Å². The fourth-order valence-electron chi connectivity index (χ4n) is 2.61. The quantitative estimate of drug-likeness (QED) is 0.534. The second kappa shape index (κ2) is 11.1. The Morgan fingerprint density at radius 1 is 1.31 bits per heavy atom. The Kier molecular flexibility index (Phi) is 9.60. The molecule has 5 heteroatoms. The van der Waals surface area contributed by atoms with E-state index in [2.05, 4.69) is 4.98 Å². The Hall–Kier alpha value is -1.65. The number of hydrogen-bond acceptors (Lipinski definition) is 2. The Balaban J connectivity index is 0.000000265. The molecular formula is C21H33F2NO2.